The van der Waals surface area contributed by atoms with Crippen LogP contribution in [-0.2, 0) is 16.1 Å². The Balaban J connectivity index is 1.62. The van der Waals surface area contributed by atoms with Gasteiger partial charge in [0.25, 0.3) is 0 Å². The lowest BCUT2D eigenvalue weighted by Gasteiger charge is -2.32. The number of benzene rings is 1. The molecule has 1 aliphatic rings. The Labute approximate surface area is 247 Å². The maximum Gasteiger partial charge on any atom is 0.247 e. The first-order chi connectivity index (χ1) is 20.2. The molecular weight excluding hydrogens is 508 g/mol. The van der Waals surface area contributed by atoms with Gasteiger partial charge in [-0.2, -0.15) is 0 Å². The number of hydrogen-bond acceptors (Lipinski definition) is 4. The van der Waals surface area contributed by atoms with Crippen molar-refractivity contribution in [1.29, 1.82) is 0 Å². The molecule has 0 bridgehead atoms. The van der Waals surface area contributed by atoms with E-state index >= 15 is 0 Å². The zero-order valence-electron chi connectivity index (χ0n) is 25.1. The van der Waals surface area contributed by atoms with Crippen LogP contribution in [0.4, 0.5) is 0 Å². The molecule has 0 spiro atoms. The summed E-state index contributed by atoms with van der Waals surface area (Å²) in [6, 6.07) is 12.9. The Morgan fingerprint density at radius 2 is 1.56 bits per heavy atom. The van der Waals surface area contributed by atoms with Gasteiger partial charge in [-0.05, 0) is 48.4 Å². The van der Waals surface area contributed by atoms with E-state index in [0.29, 0.717) is 19.5 Å². The van der Waals surface area contributed by atoms with Gasteiger partial charge in [0.15, 0.2) is 0 Å². The zero-order valence-corrected chi connectivity index (χ0v) is 25.1. The number of hydrogen-bond donors (Lipinski definition) is 1. The first-order valence-corrected chi connectivity index (χ1v) is 15.8. The minimum atomic E-state index is -0.675. The topological polar surface area (TPSA) is 65.5 Å². The highest BCUT2D eigenvalue weighted by atomic mass is 16.2. The molecule has 0 fully saturated rings. The number of carbonyl (C=O) groups excluding carboxylic acids is 2. The van der Waals surface area contributed by atoms with Crippen LogP contribution in [0.3, 0.4) is 0 Å². The quantitative estimate of drug-likeness (QED) is 0.173. The number of allylic oxidation sites excluding steroid dienone is 2. The average Bonchev–Trinajstić information content (AvgIpc) is 3.01. The Hall–Kier alpha value is -3.41. The second-order valence-corrected chi connectivity index (χ2v) is 11.0. The highest BCUT2D eigenvalue weighted by Crippen LogP contribution is 2.24. The number of nitrogens with zero attached hydrogens (tertiary/aromatic N) is 3. The third-order valence-electron chi connectivity index (χ3n) is 7.68. The van der Waals surface area contributed by atoms with Crippen LogP contribution < -0.4 is 5.32 Å². The molecule has 0 aliphatic carbocycles. The Morgan fingerprint density at radius 3 is 2.22 bits per heavy atom. The zero-order chi connectivity index (χ0) is 29.0. The molecule has 1 N–H and O–H groups in total. The number of amides is 2. The molecule has 6 nitrogen and oxygen atoms in total. The first-order valence-electron chi connectivity index (χ1n) is 15.8. The number of unbranched alkanes of at least 4 members (excludes halogenated alkanes) is 9. The molecule has 0 radical (unpaired) electrons. The van der Waals surface area contributed by atoms with Crippen molar-refractivity contribution in [3.63, 3.8) is 0 Å². The SMILES string of the molecule is CCCCCCCCCCCCN(C(=O)CCCN1C=CC=CC1)C(C(=O)NCc1ccccc1)c1ccncc1. The molecule has 1 unspecified atom stereocenters. The molecule has 0 saturated carbocycles. The van der Waals surface area contributed by atoms with Crippen molar-refractivity contribution in [1.82, 2.24) is 20.1 Å². The van der Waals surface area contributed by atoms with Gasteiger partial charge in [0.1, 0.15) is 6.04 Å². The van der Waals surface area contributed by atoms with Crippen molar-refractivity contribution >= 4 is 11.8 Å². The number of rotatable bonds is 20. The fourth-order valence-corrected chi connectivity index (χ4v) is 5.32. The molecular formula is C35H50N4O2. The summed E-state index contributed by atoms with van der Waals surface area (Å²) in [5.41, 5.74) is 1.83. The molecule has 41 heavy (non-hydrogen) atoms. The van der Waals surface area contributed by atoms with E-state index in [2.05, 4.69) is 34.4 Å². The van der Waals surface area contributed by atoms with Crippen LogP contribution in [-0.4, -0.2) is 46.2 Å². The van der Waals surface area contributed by atoms with E-state index in [1.807, 2.05) is 59.5 Å². The Bertz CT molecular complexity index is 1050. The number of nitrogens with one attached hydrogen (secondary N) is 1. The van der Waals surface area contributed by atoms with Crippen LogP contribution in [0.25, 0.3) is 0 Å². The predicted octanol–water partition coefficient (Wildman–Crippen LogP) is 7.35. The van der Waals surface area contributed by atoms with Crippen molar-refractivity contribution < 1.29 is 9.59 Å². The average molecular weight is 559 g/mol. The minimum Gasteiger partial charge on any atom is -0.374 e. The molecule has 1 aliphatic heterocycles. The summed E-state index contributed by atoms with van der Waals surface area (Å²) in [7, 11) is 0. The van der Waals surface area contributed by atoms with E-state index in [4.69, 9.17) is 0 Å². The maximum atomic E-state index is 13.7. The second-order valence-electron chi connectivity index (χ2n) is 11.0. The van der Waals surface area contributed by atoms with Crippen molar-refractivity contribution in [2.45, 2.75) is 96.6 Å². The molecule has 0 saturated heterocycles. The van der Waals surface area contributed by atoms with Gasteiger partial charge in [-0.25, -0.2) is 0 Å². The number of carbonyl (C=O) groups is 2. The summed E-state index contributed by atoms with van der Waals surface area (Å²) in [6.45, 7) is 4.95. The molecule has 1 aromatic carbocycles. The number of pyridine rings is 1. The van der Waals surface area contributed by atoms with Crippen LogP contribution in [0.5, 0.6) is 0 Å². The van der Waals surface area contributed by atoms with Crippen LogP contribution >= 0.6 is 0 Å². The van der Waals surface area contributed by atoms with Crippen LogP contribution in [0.2, 0.25) is 0 Å². The lowest BCUT2D eigenvalue weighted by Crippen LogP contribution is -2.44. The molecule has 1 aromatic heterocycles. The lowest BCUT2D eigenvalue weighted by atomic mass is 10.0. The molecule has 3 rings (SSSR count). The molecule has 2 heterocycles. The largest absolute Gasteiger partial charge is 0.374 e. The van der Waals surface area contributed by atoms with Crippen molar-refractivity contribution in [3.8, 4) is 0 Å². The van der Waals surface area contributed by atoms with E-state index in [1.165, 1.54) is 51.4 Å². The highest BCUT2D eigenvalue weighted by molar-refractivity contribution is 5.88. The van der Waals surface area contributed by atoms with E-state index in [-0.39, 0.29) is 11.8 Å². The summed E-state index contributed by atoms with van der Waals surface area (Å²) in [5.74, 6) is -0.112. The smallest absolute Gasteiger partial charge is 0.247 e. The van der Waals surface area contributed by atoms with Gasteiger partial charge in [-0.15, -0.1) is 0 Å². The van der Waals surface area contributed by atoms with Gasteiger partial charge < -0.3 is 15.1 Å². The van der Waals surface area contributed by atoms with E-state index in [1.54, 1.807) is 12.4 Å². The number of aromatic nitrogens is 1. The summed E-state index contributed by atoms with van der Waals surface area (Å²) < 4.78 is 0. The van der Waals surface area contributed by atoms with Crippen molar-refractivity contribution in [3.05, 3.63) is 90.4 Å². The fraction of sp³-hybridized carbons (Fsp3) is 0.514. The minimum absolute atomic E-state index is 0.0362. The van der Waals surface area contributed by atoms with E-state index in [9.17, 15) is 9.59 Å². The third-order valence-corrected chi connectivity index (χ3v) is 7.68. The van der Waals surface area contributed by atoms with Gasteiger partial charge in [-0.3, -0.25) is 14.6 Å². The molecule has 6 heteroatoms. The van der Waals surface area contributed by atoms with Gasteiger partial charge in [0.2, 0.25) is 11.8 Å². The summed E-state index contributed by atoms with van der Waals surface area (Å²) in [4.78, 5) is 35.7. The summed E-state index contributed by atoms with van der Waals surface area (Å²) in [5, 5.41) is 3.10. The van der Waals surface area contributed by atoms with Gasteiger partial charge in [0, 0.05) is 45.0 Å². The predicted molar refractivity (Wildman–Crippen MR) is 168 cm³/mol. The monoisotopic (exact) mass is 558 g/mol. The van der Waals surface area contributed by atoms with Crippen LogP contribution in [0.1, 0.15) is 101 Å². The molecule has 222 valence electrons. The lowest BCUT2D eigenvalue weighted by molar-refractivity contribution is -0.141. The fourth-order valence-electron chi connectivity index (χ4n) is 5.32. The Morgan fingerprint density at radius 1 is 0.878 bits per heavy atom. The first kappa shape index (κ1) is 32.1. The Kier molecular flexibility index (Phi) is 15.4. The van der Waals surface area contributed by atoms with E-state index < -0.39 is 6.04 Å². The van der Waals surface area contributed by atoms with Gasteiger partial charge in [0.05, 0.1) is 0 Å². The molecule has 2 aromatic rings. The normalized spacial score (nSPS) is 13.2. The van der Waals surface area contributed by atoms with E-state index in [0.717, 1.165) is 43.5 Å². The molecule has 1 atom stereocenters. The van der Waals surface area contributed by atoms with Crippen LogP contribution in [0.15, 0.2) is 79.3 Å². The highest BCUT2D eigenvalue weighted by Gasteiger charge is 2.30. The summed E-state index contributed by atoms with van der Waals surface area (Å²) in [6.07, 6.45) is 25.1. The van der Waals surface area contributed by atoms with Crippen molar-refractivity contribution in [2.24, 2.45) is 0 Å². The van der Waals surface area contributed by atoms with Crippen molar-refractivity contribution in [2.75, 3.05) is 19.6 Å². The van der Waals surface area contributed by atoms with Gasteiger partial charge in [-0.1, -0.05) is 107 Å². The standard InChI is InChI=1S/C35H50N4O2/c1-2-3-4-5-6-7-8-9-10-17-29-39(33(40)21-18-28-38-26-15-12-16-27-38)34(32-22-24-36-25-23-32)35(41)37-30-31-19-13-11-14-20-31/h11-16,19-20,22-26,34H,2-10,17-18,21,27-30H2,1H3,(H,37,41). The van der Waals surface area contributed by atoms with Gasteiger partial charge >= 0.3 is 0 Å². The molecule has 2 amide bonds. The van der Waals surface area contributed by atoms with Crippen LogP contribution in [0, 0.1) is 0 Å². The second kappa shape index (κ2) is 19.6. The summed E-state index contributed by atoms with van der Waals surface area (Å²) >= 11 is 0. The third kappa shape index (κ3) is 12.3. The maximum absolute atomic E-state index is 13.7.